The Balaban J connectivity index is 2.42. The van der Waals surface area contributed by atoms with Crippen molar-refractivity contribution in [3.8, 4) is 11.1 Å². The number of rotatable bonds is 4. The normalized spacial score (nSPS) is 12.1. The van der Waals surface area contributed by atoms with E-state index in [2.05, 4.69) is 4.98 Å². The number of benzene rings is 1. The van der Waals surface area contributed by atoms with Crippen molar-refractivity contribution in [1.29, 1.82) is 0 Å². The first-order chi connectivity index (χ1) is 12.3. The third-order valence-electron chi connectivity index (χ3n) is 4.34. The lowest BCUT2D eigenvalue weighted by Crippen LogP contribution is -2.09. The molecule has 0 spiro atoms. The number of aryl methyl sites for hydroxylation is 1. The molecule has 0 saturated carbocycles. The summed E-state index contributed by atoms with van der Waals surface area (Å²) in [5.41, 5.74) is 1.29. The predicted molar refractivity (Wildman–Crippen MR) is 98.6 cm³/mol. The summed E-state index contributed by atoms with van der Waals surface area (Å²) in [7, 11) is 0. The van der Waals surface area contributed by atoms with Crippen LogP contribution < -0.4 is 0 Å². The van der Waals surface area contributed by atoms with Gasteiger partial charge in [-0.3, -0.25) is 9.78 Å². The van der Waals surface area contributed by atoms with E-state index >= 15 is 0 Å². The van der Waals surface area contributed by atoms with Crippen LogP contribution in [-0.4, -0.2) is 10.8 Å². The van der Waals surface area contributed by atoms with Crippen LogP contribution in [0.3, 0.4) is 0 Å². The van der Waals surface area contributed by atoms with Gasteiger partial charge in [0.1, 0.15) is 0 Å². The standard InChI is InChI=1S/C20H18F3NOS/c1-4-13-16-15(20(21,22)23)6-5-14(12-7-9-24-10-8-12)18(16)26-19(13)17(25)11(2)3/h5-11H,4H2,1-3H3. The molecule has 1 aromatic carbocycles. The Kier molecular flexibility index (Phi) is 4.88. The van der Waals surface area contributed by atoms with Gasteiger partial charge in [-0.1, -0.05) is 26.8 Å². The number of halogens is 3. The molecule has 0 fully saturated rings. The van der Waals surface area contributed by atoms with E-state index < -0.39 is 11.7 Å². The second kappa shape index (κ2) is 6.83. The van der Waals surface area contributed by atoms with Gasteiger partial charge in [-0.15, -0.1) is 11.3 Å². The summed E-state index contributed by atoms with van der Waals surface area (Å²) in [5, 5.41) is 0.156. The van der Waals surface area contributed by atoms with E-state index in [9.17, 15) is 18.0 Å². The molecule has 3 aromatic rings. The number of carbonyl (C=O) groups is 1. The number of ketones is 1. The summed E-state index contributed by atoms with van der Waals surface area (Å²) < 4.78 is 41.4. The molecule has 0 amide bonds. The number of hydrogen-bond donors (Lipinski definition) is 0. The molecule has 3 rings (SSSR count). The van der Waals surface area contributed by atoms with Crippen LogP contribution in [0.15, 0.2) is 36.7 Å². The van der Waals surface area contributed by atoms with Crippen molar-refractivity contribution in [3.05, 3.63) is 52.7 Å². The van der Waals surface area contributed by atoms with Gasteiger partial charge in [-0.25, -0.2) is 0 Å². The average molecular weight is 377 g/mol. The van der Waals surface area contributed by atoms with Crippen molar-refractivity contribution in [2.45, 2.75) is 33.4 Å². The molecule has 0 aliphatic rings. The second-order valence-electron chi connectivity index (χ2n) is 6.38. The van der Waals surface area contributed by atoms with Crippen LogP contribution in [-0.2, 0) is 12.6 Å². The van der Waals surface area contributed by atoms with Crippen LogP contribution in [0.2, 0.25) is 0 Å². The van der Waals surface area contributed by atoms with Crippen LogP contribution in [0.4, 0.5) is 13.2 Å². The van der Waals surface area contributed by atoms with Crippen LogP contribution in [0.1, 0.15) is 41.6 Å². The fourth-order valence-electron chi connectivity index (χ4n) is 3.06. The van der Waals surface area contributed by atoms with Crippen molar-refractivity contribution in [2.75, 3.05) is 0 Å². The van der Waals surface area contributed by atoms with E-state index in [1.54, 1.807) is 45.3 Å². The number of carbonyl (C=O) groups excluding carboxylic acids is 1. The molecule has 0 saturated heterocycles. The maximum Gasteiger partial charge on any atom is 0.417 e. The third-order valence-corrected chi connectivity index (χ3v) is 5.62. The van der Waals surface area contributed by atoms with E-state index in [4.69, 9.17) is 0 Å². The summed E-state index contributed by atoms with van der Waals surface area (Å²) >= 11 is 1.17. The number of nitrogens with zero attached hydrogens (tertiary/aromatic N) is 1. The number of Topliss-reactive ketones (excluding diaryl/α,β-unsaturated/α-hetero) is 1. The van der Waals surface area contributed by atoms with E-state index in [1.165, 1.54) is 17.4 Å². The van der Waals surface area contributed by atoms with Gasteiger partial charge in [0.25, 0.3) is 0 Å². The van der Waals surface area contributed by atoms with Crippen molar-refractivity contribution in [3.63, 3.8) is 0 Å². The number of thiophene rings is 1. The van der Waals surface area contributed by atoms with Crippen molar-refractivity contribution < 1.29 is 18.0 Å². The van der Waals surface area contributed by atoms with E-state index in [0.29, 0.717) is 27.1 Å². The molecule has 0 aliphatic heterocycles. The van der Waals surface area contributed by atoms with Crippen LogP contribution in [0, 0.1) is 5.92 Å². The molecule has 2 aromatic heterocycles. The van der Waals surface area contributed by atoms with Crippen LogP contribution in [0.25, 0.3) is 21.2 Å². The lowest BCUT2D eigenvalue weighted by atomic mass is 9.95. The van der Waals surface area contributed by atoms with Crippen LogP contribution in [0.5, 0.6) is 0 Å². The van der Waals surface area contributed by atoms with Gasteiger partial charge in [-0.2, -0.15) is 13.2 Å². The number of aromatic nitrogens is 1. The minimum absolute atomic E-state index is 0.114. The first kappa shape index (κ1) is 18.6. The number of pyridine rings is 1. The first-order valence-electron chi connectivity index (χ1n) is 8.35. The summed E-state index contributed by atoms with van der Waals surface area (Å²) in [4.78, 5) is 17.0. The van der Waals surface area contributed by atoms with E-state index in [0.717, 1.165) is 11.6 Å². The molecular formula is C20H18F3NOS. The highest BCUT2D eigenvalue weighted by atomic mass is 32.1. The summed E-state index contributed by atoms with van der Waals surface area (Å²) in [6, 6.07) is 6.13. The smallest absolute Gasteiger partial charge is 0.293 e. The fraction of sp³-hybridized carbons (Fsp3) is 0.300. The highest BCUT2D eigenvalue weighted by Crippen LogP contribution is 2.45. The zero-order valence-electron chi connectivity index (χ0n) is 14.6. The number of hydrogen-bond acceptors (Lipinski definition) is 3. The molecule has 2 nitrogen and oxygen atoms in total. The molecule has 26 heavy (non-hydrogen) atoms. The molecular weight excluding hydrogens is 359 g/mol. The predicted octanol–water partition coefficient (Wildman–Crippen LogP) is 6.38. The van der Waals surface area contributed by atoms with Crippen LogP contribution >= 0.6 is 11.3 Å². The van der Waals surface area contributed by atoms with E-state index in [1.807, 2.05) is 0 Å². The second-order valence-corrected chi connectivity index (χ2v) is 7.40. The Morgan fingerprint density at radius 2 is 1.81 bits per heavy atom. The van der Waals surface area contributed by atoms with E-state index in [-0.39, 0.29) is 17.1 Å². The molecule has 0 radical (unpaired) electrons. The van der Waals surface area contributed by atoms with Gasteiger partial charge in [0.2, 0.25) is 0 Å². The maximum absolute atomic E-state index is 13.6. The topological polar surface area (TPSA) is 30.0 Å². The Labute approximate surface area is 153 Å². The molecule has 2 heterocycles. The first-order valence-corrected chi connectivity index (χ1v) is 9.17. The quantitative estimate of drug-likeness (QED) is 0.494. The van der Waals surface area contributed by atoms with Crippen molar-refractivity contribution in [1.82, 2.24) is 4.98 Å². The molecule has 0 atom stereocenters. The molecule has 0 aliphatic carbocycles. The highest BCUT2D eigenvalue weighted by molar-refractivity contribution is 7.21. The zero-order valence-corrected chi connectivity index (χ0v) is 15.5. The van der Waals surface area contributed by atoms with Crippen molar-refractivity contribution >= 4 is 27.2 Å². The maximum atomic E-state index is 13.6. The summed E-state index contributed by atoms with van der Waals surface area (Å²) in [6.07, 6.45) is -0.893. The number of fused-ring (bicyclic) bond motifs is 1. The van der Waals surface area contributed by atoms with Gasteiger partial charge in [0.15, 0.2) is 5.78 Å². The highest BCUT2D eigenvalue weighted by Gasteiger charge is 2.35. The minimum atomic E-state index is -4.47. The Hall–Kier alpha value is -2.21. The van der Waals surface area contributed by atoms with Gasteiger partial charge in [-0.05, 0) is 41.3 Å². The molecule has 0 unspecified atom stereocenters. The Bertz CT molecular complexity index is 959. The minimum Gasteiger partial charge on any atom is -0.293 e. The molecule has 136 valence electrons. The van der Waals surface area contributed by atoms with Gasteiger partial charge in [0.05, 0.1) is 10.4 Å². The summed E-state index contributed by atoms with van der Waals surface area (Å²) in [5.74, 6) is -0.385. The monoisotopic (exact) mass is 377 g/mol. The molecule has 0 N–H and O–H groups in total. The molecule has 6 heteroatoms. The van der Waals surface area contributed by atoms with Gasteiger partial charge >= 0.3 is 6.18 Å². The Morgan fingerprint density at radius 1 is 1.15 bits per heavy atom. The van der Waals surface area contributed by atoms with Gasteiger partial charge in [0, 0.05) is 28.4 Å². The van der Waals surface area contributed by atoms with Gasteiger partial charge < -0.3 is 0 Å². The SMILES string of the molecule is CCc1c(C(=O)C(C)C)sc2c(-c3ccncc3)ccc(C(F)(F)F)c12. The zero-order chi connectivity index (χ0) is 19.1. The number of alkyl halides is 3. The largest absolute Gasteiger partial charge is 0.417 e. The van der Waals surface area contributed by atoms with Crippen molar-refractivity contribution in [2.24, 2.45) is 5.92 Å². The summed E-state index contributed by atoms with van der Waals surface area (Å²) in [6.45, 7) is 5.32. The third kappa shape index (κ3) is 3.14. The fourth-order valence-corrected chi connectivity index (χ4v) is 4.60. The Morgan fingerprint density at radius 3 is 2.35 bits per heavy atom. The average Bonchev–Trinajstić information content (AvgIpc) is 2.99. The lowest BCUT2D eigenvalue weighted by molar-refractivity contribution is -0.136. The lowest BCUT2D eigenvalue weighted by Gasteiger charge is -2.12. The molecule has 0 bridgehead atoms.